The van der Waals surface area contributed by atoms with Gasteiger partial charge in [0.1, 0.15) is 0 Å². The SMILES string of the molecule is N#CCCNC(=O)CN1CC(n2cc(C(=O)O)nn2)C1. The number of likely N-dealkylation sites (tertiary alicyclic amines) is 1. The molecule has 2 rings (SSSR count). The van der Waals surface area contributed by atoms with Crippen LogP contribution in [0.3, 0.4) is 0 Å². The number of aromatic nitrogens is 3. The summed E-state index contributed by atoms with van der Waals surface area (Å²) in [5, 5.41) is 27.0. The van der Waals surface area contributed by atoms with Crippen molar-refractivity contribution < 1.29 is 14.7 Å². The van der Waals surface area contributed by atoms with Crippen LogP contribution in [0.4, 0.5) is 0 Å². The summed E-state index contributed by atoms with van der Waals surface area (Å²) >= 11 is 0. The molecule has 9 heteroatoms. The van der Waals surface area contributed by atoms with Crippen LogP contribution in [0.1, 0.15) is 23.0 Å². The largest absolute Gasteiger partial charge is 0.476 e. The number of carboxylic acids is 1. The number of carboxylic acid groups (broad SMARTS) is 1. The molecule has 0 unspecified atom stereocenters. The number of carbonyl (C=O) groups excluding carboxylic acids is 1. The molecule has 9 nitrogen and oxygen atoms in total. The summed E-state index contributed by atoms with van der Waals surface area (Å²) in [4.78, 5) is 24.1. The Labute approximate surface area is 114 Å². The number of hydrogen-bond donors (Lipinski definition) is 2. The molecule has 1 aromatic heterocycles. The molecule has 1 aliphatic rings. The fourth-order valence-corrected chi connectivity index (χ4v) is 1.91. The van der Waals surface area contributed by atoms with E-state index in [0.717, 1.165) is 0 Å². The molecule has 0 aliphatic carbocycles. The second-order valence-corrected chi connectivity index (χ2v) is 4.49. The van der Waals surface area contributed by atoms with Crippen LogP contribution >= 0.6 is 0 Å². The Kier molecular flexibility index (Phi) is 4.27. The number of rotatable bonds is 6. The lowest BCUT2D eigenvalue weighted by atomic mass is 10.1. The number of amides is 1. The quantitative estimate of drug-likeness (QED) is 0.630. The van der Waals surface area contributed by atoms with Crippen molar-refractivity contribution in [2.75, 3.05) is 26.2 Å². The second-order valence-electron chi connectivity index (χ2n) is 4.49. The first-order valence-corrected chi connectivity index (χ1v) is 6.11. The number of nitrogens with zero attached hydrogens (tertiary/aromatic N) is 5. The topological polar surface area (TPSA) is 124 Å². The first kappa shape index (κ1) is 14.0. The second kappa shape index (κ2) is 6.12. The zero-order chi connectivity index (χ0) is 14.5. The Morgan fingerprint density at radius 2 is 2.30 bits per heavy atom. The van der Waals surface area contributed by atoms with Gasteiger partial charge in [0, 0.05) is 19.6 Å². The number of aromatic carboxylic acids is 1. The van der Waals surface area contributed by atoms with Crippen LogP contribution in [-0.2, 0) is 4.79 Å². The smallest absolute Gasteiger partial charge is 0.358 e. The summed E-state index contributed by atoms with van der Waals surface area (Å²) in [5.74, 6) is -1.23. The Balaban J connectivity index is 1.72. The van der Waals surface area contributed by atoms with Crippen molar-refractivity contribution in [3.8, 4) is 6.07 Å². The minimum absolute atomic E-state index is 0.0440. The van der Waals surface area contributed by atoms with Gasteiger partial charge in [0.25, 0.3) is 0 Å². The maximum absolute atomic E-state index is 11.5. The third-order valence-corrected chi connectivity index (χ3v) is 2.97. The lowest BCUT2D eigenvalue weighted by Gasteiger charge is -2.38. The summed E-state index contributed by atoms with van der Waals surface area (Å²) in [6.45, 7) is 1.86. The van der Waals surface area contributed by atoms with E-state index >= 15 is 0 Å². The van der Waals surface area contributed by atoms with E-state index in [4.69, 9.17) is 10.4 Å². The Bertz CT molecular complexity index is 543. The molecular weight excluding hydrogens is 264 g/mol. The number of hydrogen-bond acceptors (Lipinski definition) is 6. The molecule has 106 valence electrons. The van der Waals surface area contributed by atoms with Crippen LogP contribution in [0.25, 0.3) is 0 Å². The molecule has 1 saturated heterocycles. The van der Waals surface area contributed by atoms with Gasteiger partial charge in [0.05, 0.1) is 31.3 Å². The minimum atomic E-state index is -1.11. The molecule has 0 saturated carbocycles. The van der Waals surface area contributed by atoms with Crippen molar-refractivity contribution in [1.82, 2.24) is 25.2 Å². The third-order valence-electron chi connectivity index (χ3n) is 2.97. The molecule has 1 aromatic rings. The highest BCUT2D eigenvalue weighted by molar-refractivity contribution is 5.84. The number of nitriles is 1. The molecule has 1 aliphatic heterocycles. The zero-order valence-corrected chi connectivity index (χ0v) is 10.7. The number of nitrogens with one attached hydrogen (secondary N) is 1. The van der Waals surface area contributed by atoms with Crippen molar-refractivity contribution in [3.05, 3.63) is 11.9 Å². The van der Waals surface area contributed by atoms with Crippen LogP contribution in [0, 0.1) is 11.3 Å². The number of carbonyl (C=O) groups is 2. The van der Waals surface area contributed by atoms with Gasteiger partial charge in [-0.2, -0.15) is 5.26 Å². The van der Waals surface area contributed by atoms with Crippen LogP contribution in [0.15, 0.2) is 6.20 Å². The predicted molar refractivity (Wildman–Crippen MR) is 65.7 cm³/mol. The Hall–Kier alpha value is -2.47. The minimum Gasteiger partial charge on any atom is -0.476 e. The van der Waals surface area contributed by atoms with Crippen LogP contribution in [0.5, 0.6) is 0 Å². The zero-order valence-electron chi connectivity index (χ0n) is 10.7. The van der Waals surface area contributed by atoms with E-state index in [9.17, 15) is 9.59 Å². The van der Waals surface area contributed by atoms with Gasteiger partial charge in [-0.25, -0.2) is 9.48 Å². The Morgan fingerprint density at radius 1 is 1.55 bits per heavy atom. The molecule has 1 fully saturated rings. The molecule has 2 N–H and O–H groups in total. The van der Waals surface area contributed by atoms with Crippen LogP contribution in [0.2, 0.25) is 0 Å². The average molecular weight is 278 g/mol. The summed E-state index contributed by atoms with van der Waals surface area (Å²) in [6.07, 6.45) is 1.68. The van der Waals surface area contributed by atoms with E-state index < -0.39 is 5.97 Å². The lowest BCUT2D eigenvalue weighted by Crippen LogP contribution is -2.51. The summed E-state index contributed by atoms with van der Waals surface area (Å²) in [7, 11) is 0. The molecular formula is C11H14N6O3. The third kappa shape index (κ3) is 3.30. The van der Waals surface area contributed by atoms with E-state index in [1.54, 1.807) is 0 Å². The van der Waals surface area contributed by atoms with E-state index in [1.807, 2.05) is 11.0 Å². The van der Waals surface area contributed by atoms with E-state index in [-0.39, 0.29) is 24.2 Å². The van der Waals surface area contributed by atoms with Gasteiger partial charge in [-0.3, -0.25) is 9.69 Å². The van der Waals surface area contributed by atoms with Gasteiger partial charge in [-0.05, 0) is 0 Å². The van der Waals surface area contributed by atoms with Gasteiger partial charge in [0.2, 0.25) is 5.91 Å². The standard InChI is InChI=1S/C11H14N6O3/c12-2-1-3-13-10(18)7-16-4-8(5-16)17-6-9(11(19)20)14-15-17/h6,8H,1,3-5,7H2,(H,13,18)(H,19,20). The van der Waals surface area contributed by atoms with E-state index in [2.05, 4.69) is 15.6 Å². The Morgan fingerprint density at radius 3 is 2.90 bits per heavy atom. The van der Waals surface area contributed by atoms with Crippen LogP contribution in [-0.4, -0.2) is 63.1 Å². The molecule has 0 radical (unpaired) electrons. The van der Waals surface area contributed by atoms with E-state index in [1.165, 1.54) is 10.9 Å². The first-order valence-electron chi connectivity index (χ1n) is 6.11. The van der Waals surface area contributed by atoms with Gasteiger partial charge < -0.3 is 10.4 Å². The van der Waals surface area contributed by atoms with Crippen molar-refractivity contribution in [2.24, 2.45) is 0 Å². The first-order chi connectivity index (χ1) is 9.60. The van der Waals surface area contributed by atoms with Crippen molar-refractivity contribution in [3.63, 3.8) is 0 Å². The highest BCUT2D eigenvalue weighted by Gasteiger charge is 2.30. The fraction of sp³-hybridized carbons (Fsp3) is 0.545. The fourth-order valence-electron chi connectivity index (χ4n) is 1.91. The highest BCUT2D eigenvalue weighted by Crippen LogP contribution is 2.19. The van der Waals surface area contributed by atoms with Gasteiger partial charge in [-0.1, -0.05) is 5.21 Å². The van der Waals surface area contributed by atoms with Crippen molar-refractivity contribution in [1.29, 1.82) is 5.26 Å². The molecule has 2 heterocycles. The summed E-state index contributed by atoms with van der Waals surface area (Å²) < 4.78 is 1.51. The average Bonchev–Trinajstić information content (AvgIpc) is 2.83. The molecule has 0 atom stereocenters. The van der Waals surface area contributed by atoms with E-state index in [0.29, 0.717) is 26.1 Å². The highest BCUT2D eigenvalue weighted by atomic mass is 16.4. The maximum atomic E-state index is 11.5. The predicted octanol–water partition coefficient (Wildman–Crippen LogP) is -1.14. The molecule has 20 heavy (non-hydrogen) atoms. The van der Waals surface area contributed by atoms with Gasteiger partial charge >= 0.3 is 5.97 Å². The van der Waals surface area contributed by atoms with Crippen molar-refractivity contribution >= 4 is 11.9 Å². The van der Waals surface area contributed by atoms with Crippen LogP contribution < -0.4 is 5.32 Å². The van der Waals surface area contributed by atoms with Crippen molar-refractivity contribution in [2.45, 2.75) is 12.5 Å². The lowest BCUT2D eigenvalue weighted by molar-refractivity contribution is -0.123. The maximum Gasteiger partial charge on any atom is 0.358 e. The molecule has 1 amide bonds. The normalized spacial score (nSPS) is 15.3. The summed E-state index contributed by atoms with van der Waals surface area (Å²) in [5.41, 5.74) is -0.0855. The molecule has 0 bridgehead atoms. The summed E-state index contributed by atoms with van der Waals surface area (Å²) in [6, 6.07) is 1.99. The molecule has 0 spiro atoms. The van der Waals surface area contributed by atoms with Gasteiger partial charge in [-0.15, -0.1) is 5.10 Å². The monoisotopic (exact) mass is 278 g/mol. The molecule has 0 aromatic carbocycles. The van der Waals surface area contributed by atoms with Gasteiger partial charge in [0.15, 0.2) is 5.69 Å².